The Hall–Kier alpha value is -4.02. The minimum absolute atomic E-state index is 0.126. The van der Waals surface area contributed by atoms with Crippen LogP contribution in [0.5, 0.6) is 0 Å². The Morgan fingerprint density at radius 2 is 1.30 bits per heavy atom. The number of hydrazine groups is 1. The maximum Gasteiger partial charge on any atom is 0.272 e. The van der Waals surface area contributed by atoms with Gasteiger partial charge in [-0.25, -0.2) is 13.4 Å². The molecule has 3 amide bonds. The van der Waals surface area contributed by atoms with Gasteiger partial charge in [0.25, 0.3) is 27.7 Å². The van der Waals surface area contributed by atoms with Gasteiger partial charge >= 0.3 is 0 Å². The maximum absolute atomic E-state index is 13.8. The van der Waals surface area contributed by atoms with Crippen molar-refractivity contribution >= 4 is 33.4 Å². The van der Waals surface area contributed by atoms with E-state index in [2.05, 4.69) is 10.3 Å². The fourth-order valence-corrected chi connectivity index (χ4v) is 7.27. The van der Waals surface area contributed by atoms with Crippen molar-refractivity contribution in [1.29, 1.82) is 0 Å². The van der Waals surface area contributed by atoms with Crippen LogP contribution >= 0.6 is 0 Å². The summed E-state index contributed by atoms with van der Waals surface area (Å²) >= 11 is 0. The van der Waals surface area contributed by atoms with E-state index < -0.39 is 21.8 Å². The molecule has 0 unspecified atom stereocenters. The largest absolute Gasteiger partial charge is 0.343 e. The van der Waals surface area contributed by atoms with Crippen molar-refractivity contribution in [3.8, 4) is 0 Å². The van der Waals surface area contributed by atoms with Gasteiger partial charge in [-0.05, 0) is 74.2 Å². The van der Waals surface area contributed by atoms with Gasteiger partial charge in [-0.3, -0.25) is 19.4 Å². The number of nitrogens with one attached hydrogen (secondary N) is 1. The smallest absolute Gasteiger partial charge is 0.272 e. The average Bonchev–Trinajstić information content (AvgIpc) is 3.05. The molecule has 226 valence electrons. The lowest BCUT2D eigenvalue weighted by Gasteiger charge is -2.43. The zero-order valence-electron chi connectivity index (χ0n) is 24.2. The van der Waals surface area contributed by atoms with E-state index in [4.69, 9.17) is 0 Å². The van der Waals surface area contributed by atoms with E-state index in [9.17, 15) is 22.8 Å². The summed E-state index contributed by atoms with van der Waals surface area (Å²) in [6.07, 6.45) is 8.59. The van der Waals surface area contributed by atoms with Crippen molar-refractivity contribution in [3.63, 3.8) is 0 Å². The molecule has 0 radical (unpaired) electrons. The molecule has 1 aliphatic heterocycles. The van der Waals surface area contributed by atoms with Crippen LogP contribution < -0.4 is 9.62 Å². The van der Waals surface area contributed by atoms with Crippen LogP contribution in [0.4, 0.5) is 5.69 Å². The van der Waals surface area contributed by atoms with Crippen LogP contribution in [0.3, 0.4) is 0 Å². The number of hydrogen-bond acceptors (Lipinski definition) is 6. The Balaban J connectivity index is 1.30. The second kappa shape index (κ2) is 14.0. The van der Waals surface area contributed by atoms with Crippen LogP contribution in [-0.4, -0.2) is 61.8 Å². The van der Waals surface area contributed by atoms with Gasteiger partial charge in [0.05, 0.1) is 17.1 Å². The zero-order chi connectivity index (χ0) is 30.2. The number of benzene rings is 3. The van der Waals surface area contributed by atoms with Crippen LogP contribution in [0.1, 0.15) is 72.1 Å². The highest BCUT2D eigenvalue weighted by atomic mass is 32.2. The predicted octanol–water partition coefficient (Wildman–Crippen LogP) is 5.01. The Morgan fingerprint density at radius 1 is 0.721 bits per heavy atom. The number of sulfonamides is 1. The number of hydrogen-bond donors (Lipinski definition) is 1. The number of nitrogens with zero attached hydrogens (tertiary/aromatic N) is 3. The van der Waals surface area contributed by atoms with E-state index in [1.165, 1.54) is 30.7 Å². The fourth-order valence-electron chi connectivity index (χ4n) is 5.86. The van der Waals surface area contributed by atoms with E-state index in [0.717, 1.165) is 62.3 Å². The van der Waals surface area contributed by atoms with Crippen LogP contribution in [0, 0.1) is 0 Å². The predicted molar refractivity (Wildman–Crippen MR) is 165 cm³/mol. The second-order valence-corrected chi connectivity index (χ2v) is 12.8. The maximum atomic E-state index is 13.8. The number of amides is 3. The molecule has 0 bridgehead atoms. The van der Waals surface area contributed by atoms with Crippen LogP contribution in [0.25, 0.3) is 0 Å². The minimum atomic E-state index is -4.32. The number of piperidine rings is 1. The number of para-hydroxylation sites is 1. The van der Waals surface area contributed by atoms with Crippen molar-refractivity contribution in [2.75, 3.05) is 23.9 Å². The molecule has 3 aromatic rings. The third kappa shape index (κ3) is 7.14. The zero-order valence-corrected chi connectivity index (χ0v) is 25.0. The standard InChI is InChI=1S/C33H38N4O5S/c38-31(36(28-15-7-2-8-16-28)35-23-11-4-12-24-35)25-34-32(39)26-19-21-30(22-20-26)43(41,42)37(29-17-9-3-10-18-29)33(40)27-13-5-1-6-14-27/h1,3,5-6,9-10,13-14,17-22,28H,2,4,7-8,11-12,15-16,23-25H2,(H,34,39). The van der Waals surface area contributed by atoms with Crippen LogP contribution in [-0.2, 0) is 14.8 Å². The molecule has 1 aliphatic carbocycles. The number of anilines is 1. The molecule has 10 heteroatoms. The summed E-state index contributed by atoms with van der Waals surface area (Å²) in [7, 11) is -4.32. The number of carbonyl (C=O) groups excluding carboxylic acids is 3. The van der Waals surface area contributed by atoms with Crippen molar-refractivity contribution in [2.24, 2.45) is 0 Å². The molecule has 1 N–H and O–H groups in total. The van der Waals surface area contributed by atoms with Gasteiger partial charge < -0.3 is 5.32 Å². The highest BCUT2D eigenvalue weighted by Crippen LogP contribution is 2.27. The van der Waals surface area contributed by atoms with Gasteiger partial charge in [0.15, 0.2) is 0 Å². The van der Waals surface area contributed by atoms with Gasteiger partial charge in [0, 0.05) is 30.3 Å². The van der Waals surface area contributed by atoms with Gasteiger partial charge in [0.1, 0.15) is 0 Å². The van der Waals surface area contributed by atoms with Crippen molar-refractivity contribution < 1.29 is 22.8 Å². The van der Waals surface area contributed by atoms with Crippen LogP contribution in [0.15, 0.2) is 89.8 Å². The Morgan fingerprint density at radius 3 is 1.93 bits per heavy atom. The van der Waals surface area contributed by atoms with Crippen molar-refractivity contribution in [2.45, 2.75) is 62.3 Å². The summed E-state index contributed by atoms with van der Waals surface area (Å²) in [6, 6.07) is 21.9. The molecule has 1 saturated heterocycles. The average molecular weight is 603 g/mol. The fraction of sp³-hybridized carbons (Fsp3) is 0.364. The normalized spacial score (nSPS) is 16.3. The SMILES string of the molecule is O=C(NCC(=O)N(C1CCCCC1)N1CCCCC1)c1ccc(S(=O)(=O)N(C(=O)c2ccccc2)c2ccccc2)cc1. The molecule has 0 aromatic heterocycles. The first-order chi connectivity index (χ1) is 20.9. The number of rotatable bonds is 9. The first-order valence-corrected chi connectivity index (χ1v) is 16.5. The summed E-state index contributed by atoms with van der Waals surface area (Å²) in [4.78, 5) is 39.7. The number of carbonyl (C=O) groups is 3. The second-order valence-electron chi connectivity index (χ2n) is 11.0. The van der Waals surface area contributed by atoms with E-state index in [1.807, 2.05) is 5.01 Å². The van der Waals surface area contributed by atoms with Gasteiger partial charge in [-0.2, -0.15) is 4.31 Å². The van der Waals surface area contributed by atoms with Crippen molar-refractivity contribution in [1.82, 2.24) is 15.3 Å². The van der Waals surface area contributed by atoms with Gasteiger partial charge in [-0.1, -0.05) is 62.1 Å². The summed E-state index contributed by atoms with van der Waals surface area (Å²) in [5, 5.41) is 6.79. The van der Waals surface area contributed by atoms with Gasteiger partial charge in [-0.15, -0.1) is 0 Å². The molecular weight excluding hydrogens is 564 g/mol. The topological polar surface area (TPSA) is 107 Å². The summed E-state index contributed by atoms with van der Waals surface area (Å²) < 4.78 is 28.3. The Labute approximate surface area is 253 Å². The van der Waals surface area contributed by atoms with E-state index >= 15 is 0 Å². The first-order valence-electron chi connectivity index (χ1n) is 15.0. The molecule has 2 aliphatic rings. The van der Waals surface area contributed by atoms with E-state index in [1.54, 1.807) is 60.7 Å². The lowest BCUT2D eigenvalue weighted by atomic mass is 9.94. The minimum Gasteiger partial charge on any atom is -0.343 e. The molecule has 0 atom stereocenters. The molecule has 1 heterocycles. The molecular formula is C33H38N4O5S. The molecule has 0 spiro atoms. The summed E-state index contributed by atoms with van der Waals surface area (Å²) in [6.45, 7) is 1.55. The highest BCUT2D eigenvalue weighted by Gasteiger charge is 2.33. The Kier molecular flexibility index (Phi) is 9.89. The third-order valence-electron chi connectivity index (χ3n) is 8.06. The van der Waals surface area contributed by atoms with E-state index in [0.29, 0.717) is 0 Å². The third-order valence-corrected chi connectivity index (χ3v) is 9.79. The van der Waals surface area contributed by atoms with E-state index in [-0.39, 0.29) is 40.2 Å². The first kappa shape index (κ1) is 30.4. The lowest BCUT2D eigenvalue weighted by Crippen LogP contribution is -2.56. The van der Waals surface area contributed by atoms with Crippen molar-refractivity contribution in [3.05, 3.63) is 96.1 Å². The quantitative estimate of drug-likeness (QED) is 0.369. The lowest BCUT2D eigenvalue weighted by molar-refractivity contribution is -0.158. The molecule has 9 nitrogen and oxygen atoms in total. The molecule has 43 heavy (non-hydrogen) atoms. The monoisotopic (exact) mass is 602 g/mol. The van der Waals surface area contributed by atoms with Gasteiger partial charge in [0.2, 0.25) is 0 Å². The summed E-state index contributed by atoms with van der Waals surface area (Å²) in [5.74, 6) is -1.29. The molecule has 2 fully saturated rings. The molecule has 5 rings (SSSR count). The Bertz CT molecular complexity index is 1480. The highest BCUT2D eigenvalue weighted by molar-refractivity contribution is 7.93. The van der Waals surface area contributed by atoms with Crippen LogP contribution in [0.2, 0.25) is 0 Å². The summed E-state index contributed by atoms with van der Waals surface area (Å²) in [5.41, 5.74) is 0.643. The molecule has 3 aromatic carbocycles. The molecule has 1 saturated carbocycles.